The van der Waals surface area contributed by atoms with Crippen LogP contribution in [0, 0.1) is 11.3 Å². The van der Waals surface area contributed by atoms with Crippen LogP contribution in [0.4, 0.5) is 5.69 Å². The van der Waals surface area contributed by atoms with Crippen molar-refractivity contribution in [2.75, 3.05) is 4.90 Å². The molecule has 1 aliphatic rings. The molecule has 1 aromatic carbocycles. The van der Waals surface area contributed by atoms with E-state index in [0.717, 1.165) is 16.5 Å². The van der Waals surface area contributed by atoms with Crippen molar-refractivity contribution < 1.29 is 9.59 Å². The highest BCUT2D eigenvalue weighted by Crippen LogP contribution is 2.22. The minimum absolute atomic E-state index is 0.136. The number of nitrogens with zero attached hydrogens (tertiary/aromatic N) is 2. The Bertz CT molecular complexity index is 576. The van der Waals surface area contributed by atoms with E-state index in [-0.39, 0.29) is 5.57 Å². The quantitative estimate of drug-likeness (QED) is 0.717. The second kappa shape index (κ2) is 4.06. The number of nitriles is 1. The normalized spacial score (nSPS) is 14.5. The molecule has 1 aliphatic heterocycles. The molecule has 1 heterocycles. The average Bonchev–Trinajstić information content (AvgIpc) is 2.64. The highest BCUT2D eigenvalue weighted by Gasteiger charge is 2.32. The van der Waals surface area contributed by atoms with Crippen molar-refractivity contribution in [2.45, 2.75) is 0 Å². The molecule has 0 aliphatic carbocycles. The Morgan fingerprint density at radius 3 is 2.35 bits per heavy atom. The molecule has 0 spiro atoms. The lowest BCUT2D eigenvalue weighted by molar-refractivity contribution is -0.120. The van der Waals surface area contributed by atoms with Crippen LogP contribution >= 0.6 is 0 Å². The summed E-state index contributed by atoms with van der Waals surface area (Å²) >= 11 is 0. The van der Waals surface area contributed by atoms with Gasteiger partial charge in [-0.2, -0.15) is 5.26 Å². The lowest BCUT2D eigenvalue weighted by atomic mass is 10.2. The fraction of sp³-hybridized carbons (Fsp3) is 0. The molecule has 0 aromatic heterocycles. The average molecular weight is 224 g/mol. The molecule has 2 amide bonds. The number of hydrogen-bond acceptors (Lipinski definition) is 3. The van der Waals surface area contributed by atoms with E-state index in [1.54, 1.807) is 36.4 Å². The minimum Gasteiger partial charge on any atom is -0.269 e. The van der Waals surface area contributed by atoms with Crippen LogP contribution in [-0.4, -0.2) is 11.8 Å². The zero-order valence-electron chi connectivity index (χ0n) is 8.88. The van der Waals surface area contributed by atoms with E-state index in [9.17, 15) is 9.59 Å². The lowest BCUT2D eigenvalue weighted by Gasteiger charge is -2.13. The van der Waals surface area contributed by atoms with Crippen molar-refractivity contribution in [2.24, 2.45) is 0 Å². The summed E-state index contributed by atoms with van der Waals surface area (Å²) in [6.45, 7) is 3.61. The third-order valence-electron chi connectivity index (χ3n) is 2.43. The van der Waals surface area contributed by atoms with Gasteiger partial charge in [-0.25, -0.2) is 4.90 Å². The van der Waals surface area contributed by atoms with Crippen molar-refractivity contribution in [3.8, 4) is 6.07 Å². The highest BCUT2D eigenvalue weighted by molar-refractivity contribution is 6.31. The molecule has 4 heteroatoms. The fourth-order valence-corrected chi connectivity index (χ4v) is 1.55. The molecule has 0 bridgehead atoms. The van der Waals surface area contributed by atoms with E-state index < -0.39 is 11.8 Å². The first-order chi connectivity index (χ1) is 8.17. The van der Waals surface area contributed by atoms with Crippen LogP contribution in [0.15, 0.2) is 42.5 Å². The first-order valence-electron chi connectivity index (χ1n) is 4.90. The second-order valence-corrected chi connectivity index (χ2v) is 3.44. The van der Waals surface area contributed by atoms with Gasteiger partial charge in [0.25, 0.3) is 11.8 Å². The molecule has 0 atom stereocenters. The largest absolute Gasteiger partial charge is 0.276 e. The van der Waals surface area contributed by atoms with E-state index in [1.807, 2.05) is 0 Å². The van der Waals surface area contributed by atoms with Crippen molar-refractivity contribution in [3.05, 3.63) is 48.1 Å². The fourth-order valence-electron chi connectivity index (χ4n) is 1.55. The minimum atomic E-state index is -0.580. The zero-order chi connectivity index (χ0) is 12.4. The zero-order valence-corrected chi connectivity index (χ0v) is 8.88. The summed E-state index contributed by atoms with van der Waals surface area (Å²) in [5, 5.41) is 8.67. The summed E-state index contributed by atoms with van der Waals surface area (Å²) in [5.74, 6) is -1.07. The van der Waals surface area contributed by atoms with Crippen LogP contribution in [0.3, 0.4) is 0 Å². The SMILES string of the molecule is C=Cc1ccc(N2C(=O)C=C(C#N)C2=O)cc1. The predicted molar refractivity (Wildman–Crippen MR) is 62.7 cm³/mol. The first kappa shape index (κ1) is 10.8. The van der Waals surface area contributed by atoms with Gasteiger partial charge in [-0.15, -0.1) is 0 Å². The molecule has 0 fully saturated rings. The number of carbonyl (C=O) groups is 2. The monoisotopic (exact) mass is 224 g/mol. The predicted octanol–water partition coefficient (Wildman–Crippen LogP) is 1.65. The third kappa shape index (κ3) is 1.74. The molecule has 0 saturated heterocycles. The van der Waals surface area contributed by atoms with Gasteiger partial charge in [0.1, 0.15) is 11.6 Å². The van der Waals surface area contributed by atoms with Gasteiger partial charge >= 0.3 is 0 Å². The Labute approximate surface area is 98.1 Å². The number of imide groups is 1. The van der Waals surface area contributed by atoms with Gasteiger partial charge in [-0.05, 0) is 17.7 Å². The van der Waals surface area contributed by atoms with Gasteiger partial charge < -0.3 is 0 Å². The number of rotatable bonds is 2. The Kier molecular flexibility index (Phi) is 2.59. The number of anilines is 1. The third-order valence-corrected chi connectivity index (χ3v) is 2.43. The van der Waals surface area contributed by atoms with Crippen LogP contribution in [0.25, 0.3) is 6.08 Å². The van der Waals surface area contributed by atoms with E-state index >= 15 is 0 Å². The standard InChI is InChI=1S/C13H8N2O2/c1-2-9-3-5-11(6-4-9)15-12(16)7-10(8-14)13(15)17/h2-7H,1H2. The molecule has 0 unspecified atom stereocenters. The van der Waals surface area contributed by atoms with Gasteiger partial charge in [0.15, 0.2) is 0 Å². The number of benzene rings is 1. The Hall–Kier alpha value is -2.67. The lowest BCUT2D eigenvalue weighted by Crippen LogP contribution is -2.30. The molecule has 2 rings (SSSR count). The Morgan fingerprint density at radius 2 is 1.88 bits per heavy atom. The van der Waals surface area contributed by atoms with Crippen LogP contribution in [0.1, 0.15) is 5.56 Å². The molecule has 0 radical (unpaired) electrons. The first-order valence-corrected chi connectivity index (χ1v) is 4.90. The van der Waals surface area contributed by atoms with Crippen LogP contribution in [0.2, 0.25) is 0 Å². The van der Waals surface area contributed by atoms with Crippen molar-refractivity contribution >= 4 is 23.6 Å². The maximum atomic E-state index is 11.7. The summed E-state index contributed by atoms with van der Waals surface area (Å²) in [6.07, 6.45) is 2.71. The van der Waals surface area contributed by atoms with E-state index in [1.165, 1.54) is 0 Å². The molecule has 1 aromatic rings. The van der Waals surface area contributed by atoms with Gasteiger partial charge in [0.05, 0.1) is 5.69 Å². The topological polar surface area (TPSA) is 61.2 Å². The molecule has 82 valence electrons. The van der Waals surface area contributed by atoms with Gasteiger partial charge in [-0.3, -0.25) is 9.59 Å². The van der Waals surface area contributed by atoms with Crippen LogP contribution in [-0.2, 0) is 9.59 Å². The summed E-state index contributed by atoms with van der Waals surface area (Å²) in [4.78, 5) is 24.2. The maximum absolute atomic E-state index is 11.7. The summed E-state index contributed by atoms with van der Waals surface area (Å²) in [7, 11) is 0. The molecular weight excluding hydrogens is 216 g/mol. The smallest absolute Gasteiger partial charge is 0.269 e. The van der Waals surface area contributed by atoms with E-state index in [4.69, 9.17) is 5.26 Å². The van der Waals surface area contributed by atoms with Crippen LogP contribution < -0.4 is 4.90 Å². The second-order valence-electron chi connectivity index (χ2n) is 3.44. The van der Waals surface area contributed by atoms with Crippen LogP contribution in [0.5, 0.6) is 0 Å². The van der Waals surface area contributed by atoms with Crippen molar-refractivity contribution in [3.63, 3.8) is 0 Å². The van der Waals surface area contributed by atoms with Gasteiger partial charge in [0.2, 0.25) is 0 Å². The van der Waals surface area contributed by atoms with Crippen molar-refractivity contribution in [1.82, 2.24) is 0 Å². The molecule has 0 saturated carbocycles. The number of carbonyl (C=O) groups excluding carboxylic acids is 2. The summed E-state index contributed by atoms with van der Waals surface area (Å²) < 4.78 is 0. The van der Waals surface area contributed by atoms with E-state index in [2.05, 4.69) is 6.58 Å². The molecule has 17 heavy (non-hydrogen) atoms. The molecule has 4 nitrogen and oxygen atoms in total. The van der Waals surface area contributed by atoms with Crippen molar-refractivity contribution in [1.29, 1.82) is 5.26 Å². The number of hydrogen-bond donors (Lipinski definition) is 0. The Morgan fingerprint density at radius 1 is 1.24 bits per heavy atom. The van der Waals surface area contributed by atoms with Gasteiger partial charge in [0, 0.05) is 6.08 Å². The number of amides is 2. The highest BCUT2D eigenvalue weighted by atomic mass is 16.2. The summed E-state index contributed by atoms with van der Waals surface area (Å²) in [5.41, 5.74) is 1.20. The summed E-state index contributed by atoms with van der Waals surface area (Å²) in [6, 6.07) is 8.47. The van der Waals surface area contributed by atoms with E-state index in [0.29, 0.717) is 5.69 Å². The van der Waals surface area contributed by atoms with Gasteiger partial charge in [-0.1, -0.05) is 24.8 Å². The molecular formula is C13H8N2O2. The molecule has 0 N–H and O–H groups in total. The Balaban J connectivity index is 2.36. The maximum Gasteiger partial charge on any atom is 0.276 e.